The van der Waals surface area contributed by atoms with Gasteiger partial charge in [0.2, 0.25) is 11.9 Å². The van der Waals surface area contributed by atoms with E-state index in [1.165, 1.54) is 6.42 Å². The molecule has 1 aromatic rings. The van der Waals surface area contributed by atoms with E-state index in [1.54, 1.807) is 6.20 Å². The standard InChI is InChI=1S/C13H20N4O/c1-10-6-7-14-13(15-10)16-11(2)12(18)17-8-4-3-5-9-17/h6-7,11H,3-5,8-9H2,1-2H3,(H,14,15,16). The molecule has 0 bridgehead atoms. The van der Waals surface area contributed by atoms with E-state index < -0.39 is 0 Å². The summed E-state index contributed by atoms with van der Waals surface area (Å²) >= 11 is 0. The molecule has 5 heteroatoms. The quantitative estimate of drug-likeness (QED) is 0.882. The molecule has 1 aliphatic rings. The highest BCUT2D eigenvalue weighted by molar-refractivity contribution is 5.83. The monoisotopic (exact) mass is 248 g/mol. The molecule has 0 saturated carbocycles. The van der Waals surface area contributed by atoms with Gasteiger partial charge in [-0.2, -0.15) is 0 Å². The summed E-state index contributed by atoms with van der Waals surface area (Å²) in [5, 5.41) is 3.07. The summed E-state index contributed by atoms with van der Waals surface area (Å²) in [5.41, 5.74) is 0.894. The molecule has 0 spiro atoms. The molecular formula is C13H20N4O. The Morgan fingerprint density at radius 2 is 2.11 bits per heavy atom. The lowest BCUT2D eigenvalue weighted by atomic mass is 10.1. The Morgan fingerprint density at radius 1 is 1.39 bits per heavy atom. The highest BCUT2D eigenvalue weighted by Crippen LogP contribution is 2.11. The van der Waals surface area contributed by atoms with E-state index in [-0.39, 0.29) is 11.9 Å². The molecule has 1 atom stereocenters. The third kappa shape index (κ3) is 3.18. The van der Waals surface area contributed by atoms with Crippen LogP contribution in [0.3, 0.4) is 0 Å². The molecule has 1 aromatic heterocycles. The van der Waals surface area contributed by atoms with Crippen LogP contribution in [-0.4, -0.2) is 39.9 Å². The SMILES string of the molecule is Cc1ccnc(NC(C)C(=O)N2CCCCC2)n1. The van der Waals surface area contributed by atoms with Gasteiger partial charge in [-0.05, 0) is 39.2 Å². The maximum Gasteiger partial charge on any atom is 0.244 e. The highest BCUT2D eigenvalue weighted by Gasteiger charge is 2.22. The summed E-state index contributed by atoms with van der Waals surface area (Å²) in [6, 6.07) is 1.56. The molecule has 0 radical (unpaired) electrons. The van der Waals surface area contributed by atoms with E-state index in [0.717, 1.165) is 31.6 Å². The van der Waals surface area contributed by atoms with Crippen LogP contribution in [0.2, 0.25) is 0 Å². The first-order valence-electron chi connectivity index (χ1n) is 6.52. The Bertz CT molecular complexity index is 415. The fourth-order valence-corrected chi connectivity index (χ4v) is 2.16. The number of carbonyl (C=O) groups is 1. The zero-order valence-corrected chi connectivity index (χ0v) is 11.0. The Balaban J connectivity index is 1.94. The first-order chi connectivity index (χ1) is 8.66. The second-order valence-corrected chi connectivity index (χ2v) is 4.77. The molecule has 1 saturated heterocycles. The molecule has 1 N–H and O–H groups in total. The molecule has 1 aliphatic heterocycles. The van der Waals surface area contributed by atoms with Gasteiger partial charge >= 0.3 is 0 Å². The number of hydrogen-bond donors (Lipinski definition) is 1. The Kier molecular flexibility index (Phi) is 4.12. The third-order valence-electron chi connectivity index (χ3n) is 3.18. The maximum atomic E-state index is 12.2. The van der Waals surface area contributed by atoms with Gasteiger partial charge in [0, 0.05) is 25.0 Å². The van der Waals surface area contributed by atoms with Crippen LogP contribution >= 0.6 is 0 Å². The fourth-order valence-electron chi connectivity index (χ4n) is 2.16. The van der Waals surface area contributed by atoms with E-state index in [1.807, 2.05) is 24.8 Å². The number of aryl methyl sites for hydroxylation is 1. The van der Waals surface area contributed by atoms with Crippen LogP contribution in [0.25, 0.3) is 0 Å². The van der Waals surface area contributed by atoms with E-state index >= 15 is 0 Å². The number of rotatable bonds is 3. The van der Waals surface area contributed by atoms with E-state index in [0.29, 0.717) is 5.95 Å². The molecule has 1 unspecified atom stereocenters. The van der Waals surface area contributed by atoms with Crippen molar-refractivity contribution in [1.82, 2.24) is 14.9 Å². The highest BCUT2D eigenvalue weighted by atomic mass is 16.2. The van der Waals surface area contributed by atoms with Gasteiger partial charge in [0.1, 0.15) is 6.04 Å². The van der Waals surface area contributed by atoms with Crippen LogP contribution < -0.4 is 5.32 Å². The largest absolute Gasteiger partial charge is 0.343 e. The van der Waals surface area contributed by atoms with Gasteiger partial charge in [0.25, 0.3) is 0 Å². The summed E-state index contributed by atoms with van der Waals surface area (Å²) in [6.07, 6.45) is 5.15. The van der Waals surface area contributed by atoms with Gasteiger partial charge in [-0.3, -0.25) is 4.79 Å². The van der Waals surface area contributed by atoms with Crippen molar-refractivity contribution in [2.24, 2.45) is 0 Å². The fraction of sp³-hybridized carbons (Fsp3) is 0.615. The summed E-state index contributed by atoms with van der Waals surface area (Å²) in [5.74, 6) is 0.660. The number of carbonyl (C=O) groups excluding carboxylic acids is 1. The van der Waals surface area contributed by atoms with Crippen molar-refractivity contribution >= 4 is 11.9 Å². The summed E-state index contributed by atoms with van der Waals surface area (Å²) in [7, 11) is 0. The lowest BCUT2D eigenvalue weighted by Crippen LogP contribution is -2.44. The number of aromatic nitrogens is 2. The second kappa shape index (κ2) is 5.80. The van der Waals surface area contributed by atoms with Crippen LogP contribution in [0.1, 0.15) is 31.9 Å². The van der Waals surface area contributed by atoms with E-state index in [2.05, 4.69) is 15.3 Å². The van der Waals surface area contributed by atoms with E-state index in [9.17, 15) is 4.79 Å². The van der Waals surface area contributed by atoms with Crippen LogP contribution in [-0.2, 0) is 4.79 Å². The Morgan fingerprint density at radius 3 is 2.78 bits per heavy atom. The lowest BCUT2D eigenvalue weighted by Gasteiger charge is -2.29. The number of piperidine rings is 1. The Hall–Kier alpha value is -1.65. The predicted octanol–water partition coefficient (Wildman–Crippen LogP) is 1.60. The van der Waals surface area contributed by atoms with Gasteiger partial charge in [-0.1, -0.05) is 0 Å². The number of amides is 1. The molecule has 5 nitrogen and oxygen atoms in total. The minimum Gasteiger partial charge on any atom is -0.343 e. The summed E-state index contributed by atoms with van der Waals surface area (Å²) < 4.78 is 0. The van der Waals surface area contributed by atoms with Crippen molar-refractivity contribution in [2.45, 2.75) is 39.2 Å². The lowest BCUT2D eigenvalue weighted by molar-refractivity contribution is -0.132. The van der Waals surface area contributed by atoms with Crippen LogP contribution in [0, 0.1) is 6.92 Å². The van der Waals surface area contributed by atoms with Crippen molar-refractivity contribution in [3.05, 3.63) is 18.0 Å². The zero-order valence-electron chi connectivity index (χ0n) is 11.0. The molecular weight excluding hydrogens is 228 g/mol. The maximum absolute atomic E-state index is 12.2. The molecule has 0 aromatic carbocycles. The average Bonchev–Trinajstić information content (AvgIpc) is 2.39. The number of nitrogens with zero attached hydrogens (tertiary/aromatic N) is 3. The van der Waals surface area contributed by atoms with Crippen LogP contribution in [0.5, 0.6) is 0 Å². The van der Waals surface area contributed by atoms with E-state index in [4.69, 9.17) is 0 Å². The molecule has 1 amide bonds. The van der Waals surface area contributed by atoms with Crippen molar-refractivity contribution in [3.8, 4) is 0 Å². The summed E-state index contributed by atoms with van der Waals surface area (Å²) in [6.45, 7) is 5.52. The number of likely N-dealkylation sites (tertiary alicyclic amines) is 1. The Labute approximate surface area is 108 Å². The van der Waals surface area contributed by atoms with Crippen LogP contribution in [0.15, 0.2) is 12.3 Å². The van der Waals surface area contributed by atoms with Crippen molar-refractivity contribution in [3.63, 3.8) is 0 Å². The molecule has 1 fully saturated rings. The third-order valence-corrected chi connectivity index (χ3v) is 3.18. The van der Waals surface area contributed by atoms with Crippen molar-refractivity contribution < 1.29 is 4.79 Å². The molecule has 0 aliphatic carbocycles. The number of hydrogen-bond acceptors (Lipinski definition) is 4. The summed E-state index contributed by atoms with van der Waals surface area (Å²) in [4.78, 5) is 22.5. The second-order valence-electron chi connectivity index (χ2n) is 4.77. The van der Waals surface area contributed by atoms with Gasteiger partial charge in [-0.15, -0.1) is 0 Å². The topological polar surface area (TPSA) is 58.1 Å². The van der Waals surface area contributed by atoms with Gasteiger partial charge in [-0.25, -0.2) is 9.97 Å². The molecule has 2 rings (SSSR count). The number of anilines is 1. The normalized spacial score (nSPS) is 17.3. The molecule has 98 valence electrons. The van der Waals surface area contributed by atoms with Crippen LogP contribution in [0.4, 0.5) is 5.95 Å². The smallest absolute Gasteiger partial charge is 0.244 e. The van der Waals surface area contributed by atoms with Crippen molar-refractivity contribution in [2.75, 3.05) is 18.4 Å². The van der Waals surface area contributed by atoms with Gasteiger partial charge in [0.05, 0.1) is 0 Å². The average molecular weight is 248 g/mol. The number of nitrogens with one attached hydrogen (secondary N) is 1. The minimum absolute atomic E-state index is 0.139. The zero-order chi connectivity index (χ0) is 13.0. The van der Waals surface area contributed by atoms with Gasteiger partial charge in [0.15, 0.2) is 0 Å². The first-order valence-corrected chi connectivity index (χ1v) is 6.52. The van der Waals surface area contributed by atoms with Gasteiger partial charge < -0.3 is 10.2 Å². The minimum atomic E-state index is -0.273. The first kappa shape index (κ1) is 12.8. The van der Waals surface area contributed by atoms with Crippen molar-refractivity contribution in [1.29, 1.82) is 0 Å². The molecule has 2 heterocycles. The molecule has 18 heavy (non-hydrogen) atoms. The predicted molar refractivity (Wildman–Crippen MR) is 70.3 cm³/mol.